The number of benzene rings is 1. The van der Waals surface area contributed by atoms with Crippen LogP contribution in [-0.2, 0) is 4.79 Å². The molecule has 1 nitrogen and oxygen atoms in total. The van der Waals surface area contributed by atoms with E-state index in [2.05, 4.69) is 6.92 Å². The van der Waals surface area contributed by atoms with Gasteiger partial charge in [0.25, 0.3) is 0 Å². The van der Waals surface area contributed by atoms with Crippen molar-refractivity contribution in [2.24, 2.45) is 0 Å². The first-order valence-electron chi connectivity index (χ1n) is 6.20. The smallest absolute Gasteiger partial charge is 0.155 e. The Morgan fingerprint density at radius 1 is 1.17 bits per heavy atom. The number of Topliss-reactive ketones (excluding diaryl/α,β-unsaturated/α-hetero) is 1. The number of allylic oxidation sites excluding steroid dienone is 1. The number of ketones is 1. The third-order valence-corrected chi connectivity index (χ3v) is 2.73. The maximum atomic E-state index is 13.0. The normalized spacial score (nSPS) is 11.7. The summed E-state index contributed by atoms with van der Waals surface area (Å²) in [4.78, 5) is 11.5. The van der Waals surface area contributed by atoms with Crippen molar-refractivity contribution in [3.63, 3.8) is 0 Å². The largest absolute Gasteiger partial charge is 0.295 e. The first kappa shape index (κ1) is 14.6. The summed E-state index contributed by atoms with van der Waals surface area (Å²) in [7, 11) is 0. The molecule has 0 aliphatic heterocycles. The van der Waals surface area contributed by atoms with Crippen molar-refractivity contribution in [3.8, 4) is 0 Å². The second-order valence-electron chi connectivity index (χ2n) is 4.39. The van der Waals surface area contributed by atoms with E-state index in [1.807, 2.05) is 0 Å². The van der Waals surface area contributed by atoms with Crippen LogP contribution in [0.5, 0.6) is 0 Å². The van der Waals surface area contributed by atoms with Gasteiger partial charge in [-0.15, -0.1) is 0 Å². The lowest BCUT2D eigenvalue weighted by Crippen LogP contribution is -1.97. The Hall–Kier alpha value is -1.51. The fourth-order valence-electron chi connectivity index (χ4n) is 1.77. The Labute approximate surface area is 107 Å². The molecule has 3 heteroatoms. The highest BCUT2D eigenvalue weighted by Crippen LogP contribution is 2.16. The van der Waals surface area contributed by atoms with Gasteiger partial charge in [-0.3, -0.25) is 4.79 Å². The quantitative estimate of drug-likeness (QED) is 0.537. The van der Waals surface area contributed by atoms with Gasteiger partial charge >= 0.3 is 0 Å². The second kappa shape index (κ2) is 7.04. The lowest BCUT2D eigenvalue weighted by Gasteiger charge is -2.04. The molecular formula is C15H18F2O. The molecule has 0 unspecified atom stereocenters. The predicted octanol–water partition coefficient (Wildman–Crippen LogP) is 4.52. The van der Waals surface area contributed by atoms with Crippen LogP contribution in [-0.4, -0.2) is 5.78 Å². The monoisotopic (exact) mass is 252 g/mol. The van der Waals surface area contributed by atoms with Gasteiger partial charge in [-0.25, -0.2) is 8.78 Å². The lowest BCUT2D eigenvalue weighted by molar-refractivity contribution is -0.113. The molecule has 0 fully saturated rings. The highest BCUT2D eigenvalue weighted by molar-refractivity contribution is 5.97. The van der Waals surface area contributed by atoms with Gasteiger partial charge in [-0.2, -0.15) is 0 Å². The minimum Gasteiger partial charge on any atom is -0.295 e. The van der Waals surface area contributed by atoms with Crippen molar-refractivity contribution < 1.29 is 13.6 Å². The Balaban J connectivity index is 2.89. The zero-order chi connectivity index (χ0) is 13.5. The molecule has 0 heterocycles. The van der Waals surface area contributed by atoms with Gasteiger partial charge < -0.3 is 0 Å². The maximum absolute atomic E-state index is 13.0. The first-order chi connectivity index (χ1) is 8.52. The third-order valence-electron chi connectivity index (χ3n) is 2.73. The molecule has 0 saturated carbocycles. The molecule has 0 aliphatic rings. The maximum Gasteiger partial charge on any atom is 0.155 e. The molecule has 1 aromatic carbocycles. The molecule has 0 radical (unpaired) electrons. The van der Waals surface area contributed by atoms with Crippen LogP contribution in [0.25, 0.3) is 6.08 Å². The predicted molar refractivity (Wildman–Crippen MR) is 69.2 cm³/mol. The summed E-state index contributed by atoms with van der Waals surface area (Å²) in [5, 5.41) is 0. The number of carbonyl (C=O) groups is 1. The zero-order valence-electron chi connectivity index (χ0n) is 10.8. The van der Waals surface area contributed by atoms with Gasteiger partial charge in [0.2, 0.25) is 0 Å². The van der Waals surface area contributed by atoms with E-state index < -0.39 is 11.6 Å². The Morgan fingerprint density at radius 3 is 2.28 bits per heavy atom. The Bertz CT molecular complexity index is 430. The van der Waals surface area contributed by atoms with Crippen LogP contribution < -0.4 is 0 Å². The summed E-state index contributed by atoms with van der Waals surface area (Å²) < 4.78 is 26.1. The van der Waals surface area contributed by atoms with Crippen molar-refractivity contribution in [3.05, 3.63) is 41.0 Å². The van der Waals surface area contributed by atoms with Gasteiger partial charge in [0, 0.05) is 6.07 Å². The van der Waals surface area contributed by atoms with Crippen LogP contribution >= 0.6 is 0 Å². The van der Waals surface area contributed by atoms with E-state index in [1.54, 1.807) is 6.08 Å². The van der Waals surface area contributed by atoms with Gasteiger partial charge in [0.05, 0.1) is 0 Å². The molecule has 1 rings (SSSR count). The molecule has 0 atom stereocenters. The third kappa shape index (κ3) is 4.78. The van der Waals surface area contributed by atoms with Gasteiger partial charge in [0.1, 0.15) is 11.6 Å². The summed E-state index contributed by atoms with van der Waals surface area (Å²) >= 11 is 0. The standard InChI is InChI=1S/C15H18F2O/c1-3-4-5-6-13(11(2)18)7-12-8-14(16)10-15(17)9-12/h7-10H,3-6H2,1-2H3. The number of hydrogen-bond acceptors (Lipinski definition) is 1. The molecular weight excluding hydrogens is 234 g/mol. The number of hydrogen-bond donors (Lipinski definition) is 0. The second-order valence-corrected chi connectivity index (χ2v) is 4.39. The van der Waals surface area contributed by atoms with E-state index >= 15 is 0 Å². The average Bonchev–Trinajstić information content (AvgIpc) is 2.26. The fourth-order valence-corrected chi connectivity index (χ4v) is 1.77. The molecule has 18 heavy (non-hydrogen) atoms. The van der Waals surface area contributed by atoms with Gasteiger partial charge in [0.15, 0.2) is 5.78 Å². The van der Waals surface area contributed by atoms with Gasteiger partial charge in [-0.1, -0.05) is 19.8 Å². The zero-order valence-corrected chi connectivity index (χ0v) is 10.8. The summed E-state index contributed by atoms with van der Waals surface area (Å²) in [5.41, 5.74) is 1.02. The topological polar surface area (TPSA) is 17.1 Å². The molecule has 0 bridgehead atoms. The van der Waals surface area contributed by atoms with E-state index in [1.165, 1.54) is 19.1 Å². The van der Waals surface area contributed by atoms with Crippen LogP contribution in [0.4, 0.5) is 8.78 Å². The first-order valence-corrected chi connectivity index (χ1v) is 6.20. The van der Waals surface area contributed by atoms with Crippen LogP contribution in [0.3, 0.4) is 0 Å². The number of halogens is 2. The van der Waals surface area contributed by atoms with E-state index in [-0.39, 0.29) is 5.78 Å². The van der Waals surface area contributed by atoms with Gasteiger partial charge in [-0.05, 0) is 49.1 Å². The molecule has 0 aromatic heterocycles. The highest BCUT2D eigenvalue weighted by Gasteiger charge is 2.05. The fraction of sp³-hybridized carbons (Fsp3) is 0.400. The molecule has 0 aliphatic carbocycles. The van der Waals surface area contributed by atoms with E-state index in [0.717, 1.165) is 25.3 Å². The van der Waals surface area contributed by atoms with Crippen LogP contribution in [0, 0.1) is 11.6 Å². The minimum atomic E-state index is -0.627. The van der Waals surface area contributed by atoms with Crippen LogP contribution in [0.2, 0.25) is 0 Å². The van der Waals surface area contributed by atoms with Crippen molar-refractivity contribution >= 4 is 11.9 Å². The Kier molecular flexibility index (Phi) is 5.69. The van der Waals surface area contributed by atoms with Crippen molar-refractivity contribution in [1.29, 1.82) is 0 Å². The summed E-state index contributed by atoms with van der Waals surface area (Å²) in [6, 6.07) is 3.28. The number of unbranched alkanes of at least 4 members (excludes halogenated alkanes) is 2. The summed E-state index contributed by atoms with van der Waals surface area (Å²) in [5.74, 6) is -1.30. The molecule has 0 N–H and O–H groups in total. The van der Waals surface area contributed by atoms with Crippen LogP contribution in [0.15, 0.2) is 23.8 Å². The molecule has 98 valence electrons. The van der Waals surface area contributed by atoms with Crippen molar-refractivity contribution in [1.82, 2.24) is 0 Å². The number of carbonyl (C=O) groups excluding carboxylic acids is 1. The number of rotatable bonds is 6. The molecule has 0 amide bonds. The van der Waals surface area contributed by atoms with E-state index in [0.29, 0.717) is 17.6 Å². The Morgan fingerprint density at radius 2 is 1.78 bits per heavy atom. The van der Waals surface area contributed by atoms with Crippen LogP contribution in [0.1, 0.15) is 45.1 Å². The average molecular weight is 252 g/mol. The minimum absolute atomic E-state index is 0.0456. The van der Waals surface area contributed by atoms with Crippen molar-refractivity contribution in [2.45, 2.75) is 39.5 Å². The summed E-state index contributed by atoms with van der Waals surface area (Å²) in [6.45, 7) is 3.56. The van der Waals surface area contributed by atoms with E-state index in [4.69, 9.17) is 0 Å². The molecule has 1 aromatic rings. The van der Waals surface area contributed by atoms with E-state index in [9.17, 15) is 13.6 Å². The molecule has 0 saturated heterocycles. The highest BCUT2D eigenvalue weighted by atomic mass is 19.1. The summed E-state index contributed by atoms with van der Waals surface area (Å²) in [6.07, 6.45) is 5.26. The van der Waals surface area contributed by atoms with Crippen molar-refractivity contribution in [2.75, 3.05) is 0 Å². The lowest BCUT2D eigenvalue weighted by atomic mass is 10.0. The molecule has 0 spiro atoms. The SMILES string of the molecule is CCCCCC(=Cc1cc(F)cc(F)c1)C(C)=O.